The SMILES string of the molecule is N#Cc1ccccc1CN1C(=O)N2CCCC2N=C1N1CCCC(N)C1. The fraction of sp³-hybridized carbons (Fsp3) is 0.526. The summed E-state index contributed by atoms with van der Waals surface area (Å²) in [5.41, 5.74) is 7.60. The van der Waals surface area contributed by atoms with Gasteiger partial charge in [-0.2, -0.15) is 5.26 Å². The molecule has 1 aromatic rings. The summed E-state index contributed by atoms with van der Waals surface area (Å²) < 4.78 is 0. The van der Waals surface area contributed by atoms with E-state index in [1.54, 1.807) is 11.0 Å². The molecule has 7 nitrogen and oxygen atoms in total. The molecule has 3 aliphatic rings. The van der Waals surface area contributed by atoms with E-state index in [1.165, 1.54) is 0 Å². The molecule has 2 amide bonds. The highest BCUT2D eigenvalue weighted by atomic mass is 16.2. The van der Waals surface area contributed by atoms with Crippen molar-refractivity contribution in [1.29, 1.82) is 5.26 Å². The summed E-state index contributed by atoms with van der Waals surface area (Å²) in [4.78, 5) is 23.8. The molecule has 0 aromatic heterocycles. The van der Waals surface area contributed by atoms with Crippen molar-refractivity contribution in [3.8, 4) is 6.07 Å². The van der Waals surface area contributed by atoms with E-state index in [4.69, 9.17) is 10.7 Å². The van der Waals surface area contributed by atoms with Gasteiger partial charge in [-0.1, -0.05) is 18.2 Å². The monoisotopic (exact) mass is 352 g/mol. The number of likely N-dealkylation sites (tertiary alicyclic amines) is 1. The third-order valence-corrected chi connectivity index (χ3v) is 5.41. The number of hydrogen-bond donors (Lipinski definition) is 1. The van der Waals surface area contributed by atoms with Crippen LogP contribution in [0.25, 0.3) is 0 Å². The Morgan fingerprint density at radius 3 is 2.85 bits per heavy atom. The van der Waals surface area contributed by atoms with Gasteiger partial charge in [-0.05, 0) is 37.3 Å². The molecule has 0 radical (unpaired) electrons. The van der Waals surface area contributed by atoms with Crippen LogP contribution < -0.4 is 5.73 Å². The minimum absolute atomic E-state index is 0.00983. The van der Waals surface area contributed by atoms with Crippen LogP contribution in [0.1, 0.15) is 36.8 Å². The molecule has 2 N–H and O–H groups in total. The van der Waals surface area contributed by atoms with Crippen LogP contribution in [-0.2, 0) is 6.54 Å². The van der Waals surface area contributed by atoms with E-state index in [0.717, 1.165) is 56.8 Å². The number of urea groups is 1. The first kappa shape index (κ1) is 16.9. The molecule has 3 heterocycles. The van der Waals surface area contributed by atoms with E-state index in [9.17, 15) is 10.1 Å². The van der Waals surface area contributed by atoms with Crippen molar-refractivity contribution in [1.82, 2.24) is 14.7 Å². The average molecular weight is 352 g/mol. The molecule has 1 aromatic carbocycles. The Labute approximate surface area is 153 Å². The highest BCUT2D eigenvalue weighted by Crippen LogP contribution is 2.28. The van der Waals surface area contributed by atoms with Gasteiger partial charge in [0.25, 0.3) is 0 Å². The molecule has 2 atom stereocenters. The summed E-state index contributed by atoms with van der Waals surface area (Å²) >= 11 is 0. The molecule has 2 saturated heterocycles. The number of aliphatic imine (C=N–C) groups is 1. The third kappa shape index (κ3) is 3.01. The number of nitriles is 1. The third-order valence-electron chi connectivity index (χ3n) is 5.41. The molecule has 136 valence electrons. The first-order chi connectivity index (χ1) is 12.7. The van der Waals surface area contributed by atoms with E-state index in [-0.39, 0.29) is 18.2 Å². The predicted molar refractivity (Wildman–Crippen MR) is 98.0 cm³/mol. The summed E-state index contributed by atoms with van der Waals surface area (Å²) in [6.07, 6.45) is 3.85. The summed E-state index contributed by atoms with van der Waals surface area (Å²) in [7, 11) is 0. The first-order valence-corrected chi connectivity index (χ1v) is 9.32. The van der Waals surface area contributed by atoms with Crippen LogP contribution in [0.5, 0.6) is 0 Å². The van der Waals surface area contributed by atoms with Crippen molar-refractivity contribution < 1.29 is 4.79 Å². The number of nitrogens with two attached hydrogens (primary N) is 1. The van der Waals surface area contributed by atoms with Gasteiger partial charge in [-0.3, -0.25) is 4.90 Å². The molecule has 0 saturated carbocycles. The lowest BCUT2D eigenvalue weighted by molar-refractivity contribution is 0.148. The molecule has 26 heavy (non-hydrogen) atoms. The molecule has 0 bridgehead atoms. The van der Waals surface area contributed by atoms with E-state index < -0.39 is 0 Å². The van der Waals surface area contributed by atoms with Gasteiger partial charge in [0, 0.05) is 25.7 Å². The summed E-state index contributed by atoms with van der Waals surface area (Å²) in [6.45, 7) is 2.69. The van der Waals surface area contributed by atoms with Crippen molar-refractivity contribution in [2.75, 3.05) is 19.6 Å². The number of guanidine groups is 1. The van der Waals surface area contributed by atoms with Gasteiger partial charge >= 0.3 is 6.03 Å². The second-order valence-electron chi connectivity index (χ2n) is 7.23. The Morgan fingerprint density at radius 2 is 2.04 bits per heavy atom. The number of carbonyl (C=O) groups is 1. The maximum atomic E-state index is 13.2. The molecule has 4 rings (SSSR count). The van der Waals surface area contributed by atoms with Crippen LogP contribution >= 0.6 is 0 Å². The largest absolute Gasteiger partial charge is 0.341 e. The van der Waals surface area contributed by atoms with E-state index in [2.05, 4.69) is 11.0 Å². The van der Waals surface area contributed by atoms with Crippen LogP contribution in [0.3, 0.4) is 0 Å². The van der Waals surface area contributed by atoms with E-state index in [0.29, 0.717) is 12.1 Å². The second-order valence-corrected chi connectivity index (χ2v) is 7.23. The maximum Gasteiger partial charge on any atom is 0.328 e. The van der Waals surface area contributed by atoms with E-state index in [1.807, 2.05) is 23.1 Å². The highest BCUT2D eigenvalue weighted by molar-refractivity contribution is 5.98. The smallest absolute Gasteiger partial charge is 0.328 e. The zero-order chi connectivity index (χ0) is 18.1. The summed E-state index contributed by atoms with van der Waals surface area (Å²) in [5, 5.41) is 9.39. The lowest BCUT2D eigenvalue weighted by atomic mass is 10.1. The van der Waals surface area contributed by atoms with Gasteiger partial charge in [-0.25, -0.2) is 9.79 Å². The number of benzene rings is 1. The van der Waals surface area contributed by atoms with Gasteiger partial charge in [0.2, 0.25) is 5.96 Å². The minimum atomic E-state index is -0.0573. The lowest BCUT2D eigenvalue weighted by Gasteiger charge is -2.42. The van der Waals surface area contributed by atoms with Gasteiger partial charge in [0.15, 0.2) is 0 Å². The number of carbonyl (C=O) groups excluding carboxylic acids is 1. The van der Waals surface area contributed by atoms with Crippen molar-refractivity contribution in [3.05, 3.63) is 35.4 Å². The van der Waals surface area contributed by atoms with Crippen molar-refractivity contribution >= 4 is 12.0 Å². The van der Waals surface area contributed by atoms with Crippen molar-refractivity contribution in [3.63, 3.8) is 0 Å². The van der Waals surface area contributed by atoms with Crippen LogP contribution in [0.2, 0.25) is 0 Å². The second kappa shape index (κ2) is 6.96. The van der Waals surface area contributed by atoms with Crippen LogP contribution in [-0.4, -0.2) is 58.5 Å². The van der Waals surface area contributed by atoms with Crippen LogP contribution in [0, 0.1) is 11.3 Å². The maximum absolute atomic E-state index is 13.2. The molecule has 0 aliphatic carbocycles. The van der Waals surface area contributed by atoms with Gasteiger partial charge in [0.05, 0.1) is 18.2 Å². The molecule has 3 aliphatic heterocycles. The molecule has 7 heteroatoms. The molecular weight excluding hydrogens is 328 g/mol. The normalized spacial score (nSPS) is 25.8. The number of hydrogen-bond acceptors (Lipinski definition) is 5. The predicted octanol–water partition coefficient (Wildman–Crippen LogP) is 1.69. The Balaban J connectivity index is 1.68. The molecule has 2 fully saturated rings. The first-order valence-electron chi connectivity index (χ1n) is 9.32. The quantitative estimate of drug-likeness (QED) is 0.877. The standard InChI is InChI=1S/C19H24N6O/c20-11-14-5-1-2-6-15(14)12-25-18(23-9-3-7-16(21)13-23)22-17-8-4-10-24(17)19(25)26/h1-2,5-6,16-17H,3-4,7-10,12-13,21H2. The van der Waals surface area contributed by atoms with Crippen LogP contribution in [0.4, 0.5) is 4.79 Å². The minimum Gasteiger partial charge on any atom is -0.341 e. The zero-order valence-electron chi connectivity index (χ0n) is 14.8. The van der Waals surface area contributed by atoms with Gasteiger partial charge in [0.1, 0.15) is 6.17 Å². The van der Waals surface area contributed by atoms with Gasteiger partial charge < -0.3 is 15.5 Å². The molecule has 0 spiro atoms. The summed E-state index contributed by atoms with van der Waals surface area (Å²) in [5.74, 6) is 0.723. The Morgan fingerprint density at radius 1 is 1.23 bits per heavy atom. The summed E-state index contributed by atoms with van der Waals surface area (Å²) in [6, 6.07) is 9.75. The van der Waals surface area contributed by atoms with Crippen molar-refractivity contribution in [2.45, 2.75) is 44.4 Å². The number of rotatable bonds is 2. The number of amides is 2. The number of piperidine rings is 1. The van der Waals surface area contributed by atoms with Gasteiger partial charge in [-0.15, -0.1) is 0 Å². The van der Waals surface area contributed by atoms with Crippen molar-refractivity contribution in [2.24, 2.45) is 10.7 Å². The number of nitrogens with zero attached hydrogens (tertiary/aromatic N) is 5. The lowest BCUT2D eigenvalue weighted by Crippen LogP contribution is -2.59. The fourth-order valence-corrected chi connectivity index (χ4v) is 4.07. The fourth-order valence-electron chi connectivity index (χ4n) is 4.07. The number of fused-ring (bicyclic) bond motifs is 1. The average Bonchev–Trinajstić information content (AvgIpc) is 3.13. The van der Waals surface area contributed by atoms with Crippen LogP contribution in [0.15, 0.2) is 29.3 Å². The van der Waals surface area contributed by atoms with E-state index >= 15 is 0 Å². The Bertz CT molecular complexity index is 770. The Kier molecular flexibility index (Phi) is 4.51. The Hall–Kier alpha value is -2.59. The molecule has 2 unspecified atom stereocenters. The zero-order valence-corrected chi connectivity index (χ0v) is 14.8. The molecular formula is C19H24N6O. The highest BCUT2D eigenvalue weighted by Gasteiger charge is 2.40. The topological polar surface area (TPSA) is 89.0 Å².